The molecule has 0 spiro atoms. The minimum atomic E-state index is -3.72. The van der Waals surface area contributed by atoms with Gasteiger partial charge in [0.15, 0.2) is 0 Å². The van der Waals surface area contributed by atoms with Gasteiger partial charge in [-0.2, -0.15) is 0 Å². The highest BCUT2D eigenvalue weighted by atomic mass is 35.5. The van der Waals surface area contributed by atoms with Crippen molar-refractivity contribution in [3.05, 3.63) is 28.3 Å². The van der Waals surface area contributed by atoms with Gasteiger partial charge >= 0.3 is 6.03 Å². The van der Waals surface area contributed by atoms with Gasteiger partial charge in [-0.25, -0.2) is 17.9 Å². The quantitative estimate of drug-likeness (QED) is 0.757. The van der Waals surface area contributed by atoms with Crippen LogP contribution in [0.1, 0.15) is 63.5 Å². The Morgan fingerprint density at radius 1 is 1.11 bits per heavy atom. The summed E-state index contributed by atoms with van der Waals surface area (Å²) < 4.78 is 27.4. The number of hydrogen-bond donors (Lipinski definition) is 2. The van der Waals surface area contributed by atoms with Crippen molar-refractivity contribution in [3.8, 4) is 0 Å². The van der Waals surface area contributed by atoms with E-state index in [2.05, 4.69) is 14.9 Å². The van der Waals surface area contributed by atoms with E-state index in [4.69, 9.17) is 11.6 Å². The number of carbonyl (C=O) groups is 1. The summed E-state index contributed by atoms with van der Waals surface area (Å²) in [6.07, 6.45) is 1.04. The first-order valence-electron chi connectivity index (χ1n) is 9.35. The molecule has 0 radical (unpaired) electrons. The van der Waals surface area contributed by atoms with Crippen molar-refractivity contribution >= 4 is 33.3 Å². The predicted molar refractivity (Wildman–Crippen MR) is 111 cm³/mol. The molecular formula is C19H30ClN3O3S. The van der Waals surface area contributed by atoms with Crippen LogP contribution in [0.4, 0.5) is 10.5 Å². The third-order valence-electron chi connectivity index (χ3n) is 4.99. The standard InChI is InChI=1S/C19H30ClN3O3S/c1-12(2)16-10-14(20)11-17(13(3)4)18(16)21-19(24)22-27(25,26)15-6-8-23(5)9-7-15/h10-13,15H,6-9H2,1-5H3,(H2,21,22,24). The zero-order valence-electron chi connectivity index (χ0n) is 16.7. The molecule has 1 fully saturated rings. The van der Waals surface area contributed by atoms with Crippen LogP contribution in [0.15, 0.2) is 12.1 Å². The summed E-state index contributed by atoms with van der Waals surface area (Å²) in [6, 6.07) is 2.92. The first kappa shape index (κ1) is 22.0. The predicted octanol–water partition coefficient (Wildman–Crippen LogP) is 4.13. The van der Waals surface area contributed by atoms with Gasteiger partial charge in [0.1, 0.15) is 0 Å². The van der Waals surface area contributed by atoms with Crippen molar-refractivity contribution in [1.82, 2.24) is 9.62 Å². The van der Waals surface area contributed by atoms with Crippen molar-refractivity contribution in [3.63, 3.8) is 0 Å². The van der Waals surface area contributed by atoms with Gasteiger partial charge in [-0.15, -0.1) is 0 Å². The average molecular weight is 416 g/mol. The summed E-state index contributed by atoms with van der Waals surface area (Å²) in [6.45, 7) is 9.45. The van der Waals surface area contributed by atoms with Gasteiger partial charge in [0.05, 0.1) is 5.25 Å². The van der Waals surface area contributed by atoms with Crippen LogP contribution in [0.25, 0.3) is 0 Å². The third-order valence-corrected chi connectivity index (χ3v) is 7.02. The van der Waals surface area contributed by atoms with Crippen LogP contribution >= 0.6 is 11.6 Å². The van der Waals surface area contributed by atoms with Crippen molar-refractivity contribution in [2.45, 2.75) is 57.6 Å². The van der Waals surface area contributed by atoms with E-state index >= 15 is 0 Å². The van der Waals surface area contributed by atoms with Crippen LogP contribution < -0.4 is 10.0 Å². The van der Waals surface area contributed by atoms with Gasteiger partial charge in [0.25, 0.3) is 0 Å². The maximum Gasteiger partial charge on any atom is 0.332 e. The number of hydrogen-bond acceptors (Lipinski definition) is 4. The molecule has 2 amide bonds. The fraction of sp³-hybridized carbons (Fsp3) is 0.632. The molecule has 0 saturated carbocycles. The Hall–Kier alpha value is -1.31. The number of carbonyl (C=O) groups excluding carboxylic acids is 1. The largest absolute Gasteiger partial charge is 0.332 e. The number of rotatable bonds is 5. The zero-order chi connectivity index (χ0) is 20.4. The number of urea groups is 1. The molecular weight excluding hydrogens is 386 g/mol. The molecule has 1 aliphatic heterocycles. The highest BCUT2D eigenvalue weighted by Crippen LogP contribution is 2.35. The lowest BCUT2D eigenvalue weighted by molar-refractivity contribution is 0.255. The van der Waals surface area contributed by atoms with E-state index in [9.17, 15) is 13.2 Å². The molecule has 0 atom stereocenters. The highest BCUT2D eigenvalue weighted by Gasteiger charge is 2.30. The maximum atomic E-state index is 12.6. The molecule has 6 nitrogen and oxygen atoms in total. The molecule has 8 heteroatoms. The highest BCUT2D eigenvalue weighted by molar-refractivity contribution is 7.90. The normalized spacial score (nSPS) is 16.7. The lowest BCUT2D eigenvalue weighted by Crippen LogP contribution is -2.45. The summed E-state index contributed by atoms with van der Waals surface area (Å²) in [5.74, 6) is 0.254. The van der Waals surface area contributed by atoms with Gasteiger partial charge < -0.3 is 10.2 Å². The van der Waals surface area contributed by atoms with E-state index in [1.54, 1.807) is 0 Å². The van der Waals surface area contributed by atoms with Gasteiger partial charge in [0.2, 0.25) is 10.0 Å². The Morgan fingerprint density at radius 2 is 1.59 bits per heavy atom. The van der Waals surface area contributed by atoms with E-state index in [1.165, 1.54) is 0 Å². The van der Waals surface area contributed by atoms with Crippen molar-refractivity contribution < 1.29 is 13.2 Å². The molecule has 0 unspecified atom stereocenters. The minimum absolute atomic E-state index is 0.127. The van der Waals surface area contributed by atoms with Gasteiger partial charge in [0, 0.05) is 10.7 Å². The first-order valence-corrected chi connectivity index (χ1v) is 11.3. The minimum Gasteiger partial charge on any atom is -0.307 e. The number of sulfonamides is 1. The van der Waals surface area contributed by atoms with Crippen molar-refractivity contribution in [2.75, 3.05) is 25.5 Å². The third kappa shape index (κ3) is 5.59. The summed E-state index contributed by atoms with van der Waals surface area (Å²) in [4.78, 5) is 14.6. The first-order chi connectivity index (χ1) is 12.5. The summed E-state index contributed by atoms with van der Waals surface area (Å²) >= 11 is 6.24. The lowest BCUT2D eigenvalue weighted by atomic mass is 9.92. The van der Waals surface area contributed by atoms with Crippen LogP contribution in [-0.4, -0.2) is 44.7 Å². The number of likely N-dealkylation sites (tertiary alicyclic amines) is 1. The Labute approximate surface area is 167 Å². The molecule has 2 rings (SSSR count). The molecule has 1 aromatic rings. The van der Waals surface area contributed by atoms with E-state index in [0.29, 0.717) is 36.6 Å². The van der Waals surface area contributed by atoms with Crippen LogP contribution in [0.3, 0.4) is 0 Å². The number of nitrogens with one attached hydrogen (secondary N) is 2. The zero-order valence-corrected chi connectivity index (χ0v) is 18.2. The number of anilines is 1. The Bertz CT molecular complexity index is 756. The number of halogens is 1. The lowest BCUT2D eigenvalue weighted by Gasteiger charge is -2.28. The molecule has 1 heterocycles. The number of nitrogens with zero attached hydrogens (tertiary/aromatic N) is 1. The number of benzene rings is 1. The van der Waals surface area contributed by atoms with Crippen molar-refractivity contribution in [1.29, 1.82) is 0 Å². The molecule has 0 aromatic heterocycles. The van der Waals surface area contributed by atoms with Crippen LogP contribution in [0, 0.1) is 0 Å². The SMILES string of the molecule is CC(C)c1cc(Cl)cc(C(C)C)c1NC(=O)NS(=O)(=O)C1CCN(C)CC1. The Morgan fingerprint density at radius 3 is 2.04 bits per heavy atom. The van der Waals surface area contributed by atoms with Crippen LogP contribution in [0.5, 0.6) is 0 Å². The van der Waals surface area contributed by atoms with Gasteiger partial charge in [-0.1, -0.05) is 39.3 Å². The molecule has 1 saturated heterocycles. The average Bonchev–Trinajstić information content (AvgIpc) is 2.55. The molecule has 27 heavy (non-hydrogen) atoms. The second-order valence-electron chi connectivity index (χ2n) is 7.87. The van der Waals surface area contributed by atoms with Gasteiger partial charge in [-0.3, -0.25) is 0 Å². The van der Waals surface area contributed by atoms with E-state index in [1.807, 2.05) is 46.9 Å². The van der Waals surface area contributed by atoms with Crippen molar-refractivity contribution in [2.24, 2.45) is 0 Å². The topological polar surface area (TPSA) is 78.5 Å². The Kier molecular flexibility index (Phi) is 7.16. The Balaban J connectivity index is 2.22. The summed E-state index contributed by atoms with van der Waals surface area (Å²) in [5.41, 5.74) is 2.41. The van der Waals surface area contributed by atoms with Crippen LogP contribution in [0.2, 0.25) is 5.02 Å². The molecule has 0 bridgehead atoms. The van der Waals surface area contributed by atoms with Crippen LogP contribution in [-0.2, 0) is 10.0 Å². The summed E-state index contributed by atoms with van der Waals surface area (Å²) in [5, 5.41) is 2.84. The second-order valence-corrected chi connectivity index (χ2v) is 10.3. The summed E-state index contributed by atoms with van der Waals surface area (Å²) in [7, 11) is -1.75. The van der Waals surface area contributed by atoms with E-state index in [0.717, 1.165) is 11.1 Å². The van der Waals surface area contributed by atoms with E-state index < -0.39 is 21.3 Å². The smallest absolute Gasteiger partial charge is 0.307 e. The fourth-order valence-electron chi connectivity index (χ4n) is 3.35. The fourth-order valence-corrected chi connectivity index (χ4v) is 4.89. The van der Waals surface area contributed by atoms with Gasteiger partial charge in [-0.05, 0) is 68.1 Å². The monoisotopic (exact) mass is 415 g/mol. The number of amides is 2. The molecule has 2 N–H and O–H groups in total. The van der Waals surface area contributed by atoms with E-state index in [-0.39, 0.29) is 11.8 Å². The molecule has 0 aliphatic carbocycles. The molecule has 152 valence electrons. The maximum absolute atomic E-state index is 12.6. The molecule has 1 aromatic carbocycles. The molecule has 1 aliphatic rings. The number of piperidine rings is 1. The second kappa shape index (κ2) is 8.80.